The Morgan fingerprint density at radius 3 is 2.71 bits per heavy atom. The fraction of sp³-hybridized carbons (Fsp3) is 0.167. The first-order chi connectivity index (χ1) is 13.4. The minimum atomic E-state index is -3.52. The first-order valence-electron chi connectivity index (χ1n) is 8.29. The molecule has 0 saturated carbocycles. The van der Waals surface area contributed by atoms with E-state index in [1.54, 1.807) is 35.8 Å². The number of hydrogen-bond donors (Lipinski definition) is 2. The van der Waals surface area contributed by atoms with Gasteiger partial charge in [-0.2, -0.15) is 0 Å². The number of rotatable bonds is 7. The predicted octanol–water partition coefficient (Wildman–Crippen LogP) is 2.46. The number of carbonyl (C=O) groups is 1. The van der Waals surface area contributed by atoms with E-state index in [2.05, 4.69) is 20.6 Å². The van der Waals surface area contributed by atoms with Crippen molar-refractivity contribution < 1.29 is 13.2 Å². The predicted molar refractivity (Wildman–Crippen MR) is 108 cm³/mol. The van der Waals surface area contributed by atoms with Gasteiger partial charge in [0.25, 0.3) is 5.91 Å². The summed E-state index contributed by atoms with van der Waals surface area (Å²) in [6.07, 6.45) is 1.66. The highest BCUT2D eigenvalue weighted by atomic mass is 32.2. The molecule has 0 atom stereocenters. The lowest BCUT2D eigenvalue weighted by atomic mass is 10.2. The minimum absolute atomic E-state index is 0.180. The van der Waals surface area contributed by atoms with Gasteiger partial charge in [0.2, 0.25) is 10.0 Å². The summed E-state index contributed by atoms with van der Waals surface area (Å²) in [6.45, 7) is 0.191. The van der Waals surface area contributed by atoms with E-state index in [1.807, 2.05) is 12.1 Å². The number of nitrogens with one attached hydrogen (secondary N) is 2. The van der Waals surface area contributed by atoms with Crippen LogP contribution < -0.4 is 10.6 Å². The largest absolute Gasteiger partial charge is 0.347 e. The van der Waals surface area contributed by atoms with Gasteiger partial charge in [0.1, 0.15) is 11.5 Å². The van der Waals surface area contributed by atoms with E-state index in [4.69, 9.17) is 0 Å². The van der Waals surface area contributed by atoms with Gasteiger partial charge in [-0.1, -0.05) is 18.2 Å². The van der Waals surface area contributed by atoms with Crippen LogP contribution in [-0.2, 0) is 16.6 Å². The SMILES string of the molecule is CN(C)S(=O)(=O)c1cccc(CNC(=O)c2csc(Nc3ccccn3)n2)c1. The molecule has 0 fully saturated rings. The van der Waals surface area contributed by atoms with Crippen LogP contribution in [0.15, 0.2) is 58.9 Å². The van der Waals surface area contributed by atoms with Crippen molar-refractivity contribution in [3.05, 3.63) is 65.3 Å². The highest BCUT2D eigenvalue weighted by Crippen LogP contribution is 2.19. The molecule has 2 N–H and O–H groups in total. The van der Waals surface area contributed by atoms with E-state index in [0.717, 1.165) is 4.31 Å². The number of pyridine rings is 1. The van der Waals surface area contributed by atoms with Gasteiger partial charge in [0.15, 0.2) is 5.13 Å². The van der Waals surface area contributed by atoms with Gasteiger partial charge in [-0.05, 0) is 29.8 Å². The normalized spacial score (nSPS) is 11.4. The van der Waals surface area contributed by atoms with Crippen molar-refractivity contribution in [1.29, 1.82) is 0 Å². The van der Waals surface area contributed by atoms with E-state index in [1.165, 1.54) is 31.5 Å². The van der Waals surface area contributed by atoms with Crippen molar-refractivity contribution >= 4 is 38.2 Å². The molecule has 0 aliphatic rings. The van der Waals surface area contributed by atoms with E-state index < -0.39 is 10.0 Å². The molecule has 2 heterocycles. The van der Waals surface area contributed by atoms with Crippen molar-refractivity contribution in [2.24, 2.45) is 0 Å². The molecule has 0 unspecified atom stereocenters. The molecule has 1 amide bonds. The van der Waals surface area contributed by atoms with Gasteiger partial charge in [-0.15, -0.1) is 11.3 Å². The number of thiazole rings is 1. The molecule has 3 rings (SSSR count). The van der Waals surface area contributed by atoms with Gasteiger partial charge in [0, 0.05) is 32.2 Å². The lowest BCUT2D eigenvalue weighted by Crippen LogP contribution is -2.24. The zero-order chi connectivity index (χ0) is 20.1. The van der Waals surface area contributed by atoms with Crippen LogP contribution in [0.3, 0.4) is 0 Å². The van der Waals surface area contributed by atoms with E-state index in [9.17, 15) is 13.2 Å². The van der Waals surface area contributed by atoms with Gasteiger partial charge >= 0.3 is 0 Å². The molecule has 3 aromatic rings. The van der Waals surface area contributed by atoms with Gasteiger partial charge < -0.3 is 10.6 Å². The summed E-state index contributed by atoms with van der Waals surface area (Å²) < 4.78 is 25.6. The van der Waals surface area contributed by atoms with Crippen molar-refractivity contribution in [3.8, 4) is 0 Å². The Labute approximate surface area is 167 Å². The second-order valence-electron chi connectivity index (χ2n) is 6.00. The fourth-order valence-corrected chi connectivity index (χ4v) is 3.95. The minimum Gasteiger partial charge on any atom is -0.347 e. The second kappa shape index (κ2) is 8.46. The summed E-state index contributed by atoms with van der Waals surface area (Å²) >= 11 is 1.30. The Kier molecular flexibility index (Phi) is 6.02. The van der Waals surface area contributed by atoms with Crippen LogP contribution in [0.5, 0.6) is 0 Å². The maximum Gasteiger partial charge on any atom is 0.271 e. The lowest BCUT2D eigenvalue weighted by Gasteiger charge is -2.12. The Bertz CT molecular complexity index is 1070. The third kappa shape index (κ3) is 4.71. The van der Waals surface area contributed by atoms with Crippen LogP contribution in [0.2, 0.25) is 0 Å². The number of hydrogen-bond acceptors (Lipinski definition) is 7. The molecule has 2 aromatic heterocycles. The molecule has 0 aliphatic carbocycles. The van der Waals surface area contributed by atoms with Crippen LogP contribution in [0.1, 0.15) is 16.1 Å². The average Bonchev–Trinajstić information content (AvgIpc) is 3.15. The maximum atomic E-state index is 12.3. The topological polar surface area (TPSA) is 104 Å². The quantitative estimate of drug-likeness (QED) is 0.612. The Balaban J connectivity index is 1.63. The third-order valence-corrected chi connectivity index (χ3v) is 6.34. The molecule has 146 valence electrons. The van der Waals surface area contributed by atoms with Crippen LogP contribution >= 0.6 is 11.3 Å². The van der Waals surface area contributed by atoms with Crippen molar-refractivity contribution in [3.63, 3.8) is 0 Å². The molecule has 0 aliphatic heterocycles. The van der Waals surface area contributed by atoms with Crippen molar-refractivity contribution in [2.45, 2.75) is 11.4 Å². The number of aromatic nitrogens is 2. The summed E-state index contributed by atoms with van der Waals surface area (Å²) in [7, 11) is -0.571. The van der Waals surface area contributed by atoms with Crippen molar-refractivity contribution in [1.82, 2.24) is 19.6 Å². The second-order valence-corrected chi connectivity index (χ2v) is 9.01. The smallest absolute Gasteiger partial charge is 0.271 e. The summed E-state index contributed by atoms with van der Waals surface area (Å²) in [4.78, 5) is 20.9. The van der Waals surface area contributed by atoms with Gasteiger partial charge in [-0.25, -0.2) is 22.7 Å². The van der Waals surface area contributed by atoms with Crippen LogP contribution in [0.25, 0.3) is 0 Å². The lowest BCUT2D eigenvalue weighted by molar-refractivity contribution is 0.0946. The number of amides is 1. The van der Waals surface area contributed by atoms with E-state index in [-0.39, 0.29) is 23.0 Å². The standard InChI is InChI=1S/C18H19N5O3S2/c1-23(2)28(25,26)14-7-5-6-13(10-14)11-20-17(24)15-12-27-18(21-15)22-16-8-3-4-9-19-16/h3-10,12H,11H2,1-2H3,(H,20,24)(H,19,21,22). The molecule has 28 heavy (non-hydrogen) atoms. The number of benzene rings is 1. The molecular formula is C18H19N5O3S2. The summed E-state index contributed by atoms with van der Waals surface area (Å²) in [5.41, 5.74) is 0.957. The molecule has 10 heteroatoms. The number of anilines is 2. The monoisotopic (exact) mass is 417 g/mol. The Hall–Kier alpha value is -2.82. The molecule has 0 saturated heterocycles. The molecule has 0 bridgehead atoms. The van der Waals surface area contributed by atoms with Crippen LogP contribution in [-0.4, -0.2) is 42.7 Å². The highest BCUT2D eigenvalue weighted by molar-refractivity contribution is 7.89. The molecule has 0 spiro atoms. The number of carbonyl (C=O) groups excluding carboxylic acids is 1. The summed E-state index contributed by atoms with van der Waals surface area (Å²) in [6, 6.07) is 11.9. The zero-order valence-electron chi connectivity index (χ0n) is 15.3. The first-order valence-corrected chi connectivity index (χ1v) is 10.6. The average molecular weight is 418 g/mol. The number of nitrogens with zero attached hydrogens (tertiary/aromatic N) is 3. The van der Waals surface area contributed by atoms with Gasteiger partial charge in [-0.3, -0.25) is 4.79 Å². The molecule has 1 aromatic carbocycles. The zero-order valence-corrected chi connectivity index (χ0v) is 16.9. The summed E-state index contributed by atoms with van der Waals surface area (Å²) in [5, 5.41) is 7.99. The third-order valence-electron chi connectivity index (χ3n) is 3.77. The number of sulfonamides is 1. The van der Waals surface area contributed by atoms with E-state index >= 15 is 0 Å². The highest BCUT2D eigenvalue weighted by Gasteiger charge is 2.17. The van der Waals surface area contributed by atoms with Crippen LogP contribution in [0.4, 0.5) is 10.9 Å². The molecular weight excluding hydrogens is 398 g/mol. The first kappa shape index (κ1) is 19.9. The Morgan fingerprint density at radius 2 is 2.00 bits per heavy atom. The van der Waals surface area contributed by atoms with E-state index in [0.29, 0.717) is 16.5 Å². The van der Waals surface area contributed by atoms with Crippen LogP contribution in [0, 0.1) is 0 Å². The molecule has 0 radical (unpaired) electrons. The fourth-order valence-electron chi connectivity index (χ4n) is 2.28. The van der Waals surface area contributed by atoms with Crippen molar-refractivity contribution in [2.75, 3.05) is 19.4 Å². The Morgan fingerprint density at radius 1 is 1.18 bits per heavy atom. The summed E-state index contributed by atoms with van der Waals surface area (Å²) in [5.74, 6) is 0.300. The van der Waals surface area contributed by atoms with Gasteiger partial charge in [0.05, 0.1) is 4.90 Å². The maximum absolute atomic E-state index is 12.3. The molecule has 8 nitrogen and oxygen atoms in total.